The van der Waals surface area contributed by atoms with Crippen LogP contribution in [0.2, 0.25) is 10.0 Å². The number of benzene rings is 2. The Balaban J connectivity index is 1.98. The lowest BCUT2D eigenvalue weighted by molar-refractivity contribution is 0.0303. The van der Waals surface area contributed by atoms with Gasteiger partial charge in [0.05, 0.1) is 45.8 Å². The Labute approximate surface area is 196 Å². The van der Waals surface area contributed by atoms with Gasteiger partial charge in [-0.1, -0.05) is 23.2 Å². The van der Waals surface area contributed by atoms with Crippen LogP contribution in [0.1, 0.15) is 49.1 Å². The van der Waals surface area contributed by atoms with Gasteiger partial charge in [0.1, 0.15) is 0 Å². The Morgan fingerprint density at radius 2 is 1.66 bits per heavy atom. The van der Waals surface area contributed by atoms with Crippen molar-refractivity contribution in [2.75, 3.05) is 26.3 Å². The van der Waals surface area contributed by atoms with Crippen LogP contribution in [0, 0.1) is 13.8 Å². The maximum absolute atomic E-state index is 13.2. The first-order chi connectivity index (χ1) is 15.1. The summed E-state index contributed by atoms with van der Waals surface area (Å²) in [7, 11) is 0. The minimum atomic E-state index is -0.542. The molecule has 7 nitrogen and oxygen atoms in total. The number of halogens is 2. The molecule has 0 radical (unpaired) electrons. The van der Waals surface area contributed by atoms with Gasteiger partial charge in [-0.15, -0.1) is 0 Å². The van der Waals surface area contributed by atoms with Crippen LogP contribution >= 0.6 is 23.2 Å². The largest absolute Gasteiger partial charge is 0.378 e. The molecule has 3 rings (SSSR count). The topological polar surface area (TPSA) is 102 Å². The number of nitrogens with two attached hydrogens (primary N) is 1. The molecule has 2 N–H and O–H groups in total. The average Bonchev–Trinajstić information content (AvgIpc) is 2.76. The summed E-state index contributed by atoms with van der Waals surface area (Å²) in [4.78, 5) is 43.7. The van der Waals surface area contributed by atoms with E-state index in [4.69, 9.17) is 33.7 Å². The molecule has 0 aliphatic carbocycles. The second-order valence-electron chi connectivity index (χ2n) is 7.54. The van der Waals surface area contributed by atoms with Gasteiger partial charge in [0.25, 0.3) is 5.91 Å². The van der Waals surface area contributed by atoms with Crippen molar-refractivity contribution in [1.29, 1.82) is 0 Å². The molecular formula is C23H23Cl2N3O4. The van der Waals surface area contributed by atoms with Crippen molar-refractivity contribution in [3.05, 3.63) is 62.1 Å². The molecule has 0 saturated carbocycles. The van der Waals surface area contributed by atoms with E-state index < -0.39 is 11.7 Å². The van der Waals surface area contributed by atoms with Gasteiger partial charge in [-0.2, -0.15) is 0 Å². The van der Waals surface area contributed by atoms with Gasteiger partial charge in [0.2, 0.25) is 11.7 Å². The number of rotatable bonds is 5. The second kappa shape index (κ2) is 9.81. The molecule has 1 saturated heterocycles. The van der Waals surface area contributed by atoms with E-state index >= 15 is 0 Å². The molecule has 0 bridgehead atoms. The lowest BCUT2D eigenvalue weighted by Gasteiger charge is -2.27. The van der Waals surface area contributed by atoms with E-state index in [-0.39, 0.29) is 32.8 Å². The first kappa shape index (κ1) is 23.9. The quantitative estimate of drug-likeness (QED) is 0.517. The molecule has 1 fully saturated rings. The van der Waals surface area contributed by atoms with Gasteiger partial charge < -0.3 is 15.4 Å². The molecule has 2 aromatic carbocycles. The second-order valence-corrected chi connectivity index (χ2v) is 8.32. The summed E-state index contributed by atoms with van der Waals surface area (Å²) < 4.78 is 5.28. The average molecular weight is 476 g/mol. The third-order valence-electron chi connectivity index (χ3n) is 5.23. The number of morpholine rings is 1. The summed E-state index contributed by atoms with van der Waals surface area (Å²) >= 11 is 12.8. The van der Waals surface area contributed by atoms with Crippen molar-refractivity contribution < 1.29 is 19.1 Å². The van der Waals surface area contributed by atoms with Gasteiger partial charge in [-0.3, -0.25) is 14.4 Å². The number of Topliss-reactive ketones (excluding diaryl/α,β-unsaturated/α-hetero) is 1. The van der Waals surface area contributed by atoms with Crippen LogP contribution in [0.25, 0.3) is 0 Å². The molecule has 0 spiro atoms. The molecular weight excluding hydrogens is 453 g/mol. The number of carbonyl (C=O) groups is 3. The smallest absolute Gasteiger partial charge is 0.255 e. The number of carbonyl (C=O) groups excluding carboxylic acids is 3. The summed E-state index contributed by atoms with van der Waals surface area (Å²) in [6.07, 6.45) is 0. The molecule has 9 heteroatoms. The van der Waals surface area contributed by atoms with Crippen LogP contribution in [0.4, 0.5) is 5.69 Å². The predicted octanol–water partition coefficient (Wildman–Crippen LogP) is 4.16. The lowest BCUT2D eigenvalue weighted by atomic mass is 10.0. The number of amides is 2. The molecule has 0 unspecified atom stereocenters. The van der Waals surface area contributed by atoms with Gasteiger partial charge in [0.15, 0.2) is 0 Å². The molecule has 0 aromatic heterocycles. The van der Waals surface area contributed by atoms with Crippen molar-refractivity contribution in [2.45, 2.75) is 20.8 Å². The van der Waals surface area contributed by atoms with Crippen LogP contribution in [0.3, 0.4) is 0 Å². The maximum atomic E-state index is 13.2. The lowest BCUT2D eigenvalue weighted by Crippen LogP contribution is -2.40. The predicted molar refractivity (Wildman–Crippen MR) is 125 cm³/mol. The number of ketones is 1. The van der Waals surface area contributed by atoms with E-state index in [1.807, 2.05) is 0 Å². The number of hydrogen-bond donors (Lipinski definition) is 1. The van der Waals surface area contributed by atoms with E-state index in [1.165, 1.54) is 12.1 Å². The van der Waals surface area contributed by atoms with Crippen molar-refractivity contribution in [2.24, 2.45) is 10.7 Å². The van der Waals surface area contributed by atoms with Gasteiger partial charge >= 0.3 is 0 Å². The Morgan fingerprint density at radius 3 is 2.22 bits per heavy atom. The normalized spacial score (nSPS) is 14.4. The number of aryl methyl sites for hydroxylation is 2. The highest BCUT2D eigenvalue weighted by Gasteiger charge is 2.26. The molecule has 1 heterocycles. The summed E-state index contributed by atoms with van der Waals surface area (Å²) in [5.41, 5.74) is 8.03. The van der Waals surface area contributed by atoms with Crippen molar-refractivity contribution >= 4 is 52.2 Å². The number of aliphatic imine (C=N–C) groups is 1. The van der Waals surface area contributed by atoms with E-state index in [9.17, 15) is 14.4 Å². The summed E-state index contributed by atoms with van der Waals surface area (Å²) in [5.74, 6) is -1.32. The first-order valence-electron chi connectivity index (χ1n) is 9.98. The van der Waals surface area contributed by atoms with Crippen LogP contribution in [0.15, 0.2) is 29.3 Å². The zero-order chi connectivity index (χ0) is 23.6. The summed E-state index contributed by atoms with van der Waals surface area (Å²) in [6, 6.07) is 6.24. The van der Waals surface area contributed by atoms with Crippen molar-refractivity contribution in [3.8, 4) is 0 Å². The van der Waals surface area contributed by atoms with E-state index in [1.54, 1.807) is 37.8 Å². The molecule has 2 aromatic rings. The monoisotopic (exact) mass is 475 g/mol. The fraction of sp³-hybridized carbons (Fsp3) is 0.304. The Kier molecular flexibility index (Phi) is 7.33. The highest BCUT2D eigenvalue weighted by atomic mass is 35.5. The number of ether oxygens (including phenoxy) is 1. The minimum absolute atomic E-state index is 0.00828. The van der Waals surface area contributed by atoms with E-state index in [2.05, 4.69) is 4.99 Å². The molecule has 32 heavy (non-hydrogen) atoms. The highest BCUT2D eigenvalue weighted by Crippen LogP contribution is 2.31. The van der Waals surface area contributed by atoms with E-state index in [0.717, 1.165) is 0 Å². The van der Waals surface area contributed by atoms with Crippen LogP contribution < -0.4 is 5.73 Å². The molecule has 2 amide bonds. The van der Waals surface area contributed by atoms with Crippen LogP contribution in [0.5, 0.6) is 0 Å². The van der Waals surface area contributed by atoms with Crippen molar-refractivity contribution in [3.63, 3.8) is 0 Å². The minimum Gasteiger partial charge on any atom is -0.378 e. The summed E-state index contributed by atoms with van der Waals surface area (Å²) in [6.45, 7) is 6.88. The Bertz CT molecular complexity index is 1120. The standard InChI is InChI=1S/C23H23Cl2N3O4/c1-12-10-15(22(26)30)11-13(2)20(12)27-14(3)21(29)18-17(24)5-4-16(19(18)25)23(31)28-6-8-32-9-7-28/h4-5,10-11H,6-9H2,1-3H3,(H2,26,30)/b27-14+. The molecule has 168 valence electrons. The zero-order valence-electron chi connectivity index (χ0n) is 18.0. The van der Waals surface area contributed by atoms with Crippen LogP contribution in [-0.2, 0) is 4.74 Å². The number of hydrogen-bond acceptors (Lipinski definition) is 5. The number of primary amides is 1. The Morgan fingerprint density at radius 1 is 1.06 bits per heavy atom. The number of nitrogens with zero attached hydrogens (tertiary/aromatic N) is 2. The van der Waals surface area contributed by atoms with Crippen molar-refractivity contribution in [1.82, 2.24) is 4.90 Å². The SMILES string of the molecule is C/C(=N\c1c(C)cc(C(N)=O)cc1C)C(=O)c1c(Cl)ccc(C(=O)N2CCOCC2)c1Cl. The third-order valence-corrected chi connectivity index (χ3v) is 5.94. The highest BCUT2D eigenvalue weighted by molar-refractivity contribution is 6.53. The third kappa shape index (κ3) is 4.85. The summed E-state index contributed by atoms with van der Waals surface area (Å²) in [5, 5.41) is 0.122. The molecule has 1 aliphatic heterocycles. The van der Waals surface area contributed by atoms with E-state index in [0.29, 0.717) is 48.7 Å². The molecule has 1 aliphatic rings. The Hall–Kier alpha value is -2.74. The first-order valence-corrected chi connectivity index (χ1v) is 10.7. The van der Waals surface area contributed by atoms with Gasteiger partial charge in [-0.05, 0) is 56.2 Å². The van der Waals surface area contributed by atoms with Gasteiger partial charge in [-0.25, -0.2) is 4.99 Å². The fourth-order valence-corrected chi connectivity index (χ4v) is 4.16. The van der Waals surface area contributed by atoms with Crippen LogP contribution in [-0.4, -0.2) is 54.5 Å². The fourth-order valence-electron chi connectivity index (χ4n) is 3.54. The molecule has 0 atom stereocenters. The van der Waals surface area contributed by atoms with Gasteiger partial charge in [0, 0.05) is 18.7 Å². The zero-order valence-corrected chi connectivity index (χ0v) is 19.5. The maximum Gasteiger partial charge on any atom is 0.255 e.